The minimum Gasteiger partial charge on any atom is -0.508 e. The van der Waals surface area contributed by atoms with E-state index in [1.807, 2.05) is 0 Å². The second-order valence-corrected chi connectivity index (χ2v) is 21.1. The maximum Gasteiger partial charge on any atom is 0.328 e. The van der Waals surface area contributed by atoms with Crippen LogP contribution in [0.15, 0.2) is 64.7 Å². The highest BCUT2D eigenvalue weighted by molar-refractivity contribution is 5.99. The summed E-state index contributed by atoms with van der Waals surface area (Å²) in [6.45, 7) is 5.07. The van der Waals surface area contributed by atoms with Crippen LogP contribution in [-0.2, 0) is 60.8 Å². The number of aromatic hydroxyl groups is 1. The van der Waals surface area contributed by atoms with Gasteiger partial charge in [0.25, 0.3) is 0 Å². The molecule has 10 atom stereocenters. The molecule has 0 fully saturated rings. The van der Waals surface area contributed by atoms with E-state index in [1.165, 1.54) is 24.3 Å². The van der Waals surface area contributed by atoms with E-state index in [0.717, 1.165) is 0 Å². The van der Waals surface area contributed by atoms with Gasteiger partial charge in [-0.1, -0.05) is 64.4 Å². The minimum atomic E-state index is -1.70. The number of aliphatic hydroxyl groups is 2. The Bertz CT molecular complexity index is 2840. The Morgan fingerprint density at radius 3 is 1.52 bits per heavy atom. The molecule has 0 aliphatic carbocycles. The fourth-order valence-electron chi connectivity index (χ4n) is 8.74. The molecule has 3 aromatic rings. The number of carbonyl (C=O) groups is 10. The molecule has 0 aliphatic rings. The summed E-state index contributed by atoms with van der Waals surface area (Å²) in [6.07, 6.45) is 0.570. The first-order valence-corrected chi connectivity index (χ1v) is 28.0. The number of nitrogens with zero attached hydrogens (tertiary/aromatic N) is 2. The second-order valence-electron chi connectivity index (χ2n) is 21.1. The monoisotopic (exact) mass is 1210 g/mol. The molecule has 3 rings (SSSR count). The number of aliphatic imine (C=N–C) groups is 2. The number of primary amides is 1. The molecule has 0 radical (unpaired) electrons. The zero-order valence-electron chi connectivity index (χ0n) is 48.7. The number of fused-ring (bicyclic) bond motifs is 1. The quantitative estimate of drug-likeness (QED) is 0.0146. The van der Waals surface area contributed by atoms with Crippen LogP contribution < -0.4 is 76.9 Å². The molecule has 86 heavy (non-hydrogen) atoms. The first-order chi connectivity index (χ1) is 40.7. The van der Waals surface area contributed by atoms with E-state index < -0.39 is 133 Å². The minimum absolute atomic E-state index is 0.00286. The van der Waals surface area contributed by atoms with E-state index in [2.05, 4.69) is 57.5 Å². The molecule has 0 unspecified atom stereocenters. The van der Waals surface area contributed by atoms with Gasteiger partial charge in [-0.2, -0.15) is 0 Å². The third-order valence-electron chi connectivity index (χ3n) is 13.7. The molecular weight excluding hydrogens is 1120 g/mol. The Labute approximate surface area is 496 Å². The summed E-state index contributed by atoms with van der Waals surface area (Å²) < 4.78 is 0. The number of aliphatic carboxylic acids is 1. The van der Waals surface area contributed by atoms with Crippen molar-refractivity contribution in [2.75, 3.05) is 26.3 Å². The third kappa shape index (κ3) is 24.2. The molecule has 1 aromatic heterocycles. The van der Waals surface area contributed by atoms with E-state index >= 15 is 0 Å². The first kappa shape index (κ1) is 71.2. The molecule has 0 saturated heterocycles. The van der Waals surface area contributed by atoms with E-state index in [4.69, 9.17) is 34.4 Å². The van der Waals surface area contributed by atoms with Gasteiger partial charge in [0.1, 0.15) is 60.1 Å². The number of rotatable bonds is 38. The maximum absolute atomic E-state index is 14.8. The average molecular weight is 1210 g/mol. The lowest BCUT2D eigenvalue weighted by molar-refractivity contribution is -0.143. The lowest BCUT2D eigenvalue weighted by Crippen LogP contribution is -2.61. The van der Waals surface area contributed by atoms with Gasteiger partial charge in [-0.25, -0.2) is 4.79 Å². The molecule has 1 heterocycles. The van der Waals surface area contributed by atoms with Crippen molar-refractivity contribution in [1.29, 1.82) is 0 Å². The first-order valence-electron chi connectivity index (χ1n) is 28.0. The fourth-order valence-corrected chi connectivity index (χ4v) is 8.74. The largest absolute Gasteiger partial charge is 0.508 e. The van der Waals surface area contributed by atoms with Gasteiger partial charge < -0.3 is 102 Å². The lowest BCUT2D eigenvalue weighted by Gasteiger charge is -2.29. The number of nitrogens with two attached hydrogens (primary N) is 6. The highest BCUT2D eigenvalue weighted by Gasteiger charge is 2.36. The summed E-state index contributed by atoms with van der Waals surface area (Å²) in [6, 6.07) is -0.676. The Kier molecular flexibility index (Phi) is 29.7. The molecule has 2 aromatic carbocycles. The number of benzene rings is 2. The molecule has 9 amide bonds. The molecule has 31 nitrogen and oxygen atoms in total. The van der Waals surface area contributed by atoms with Crippen LogP contribution in [0.2, 0.25) is 0 Å². The Balaban J connectivity index is 2.08. The van der Waals surface area contributed by atoms with Gasteiger partial charge in [-0.05, 0) is 79.7 Å². The van der Waals surface area contributed by atoms with Crippen molar-refractivity contribution < 1.29 is 68.4 Å². The van der Waals surface area contributed by atoms with Crippen molar-refractivity contribution >= 4 is 82.0 Å². The Hall–Kier alpha value is -9.10. The molecule has 31 heteroatoms. The van der Waals surface area contributed by atoms with E-state index in [1.54, 1.807) is 58.2 Å². The molecular formula is C55H85N17O14. The average Bonchev–Trinajstić information content (AvgIpc) is 2.46. The molecule has 0 spiro atoms. The van der Waals surface area contributed by atoms with Crippen molar-refractivity contribution in [1.82, 2.24) is 47.5 Å². The molecule has 474 valence electrons. The van der Waals surface area contributed by atoms with Gasteiger partial charge in [0, 0.05) is 49.5 Å². The van der Waals surface area contributed by atoms with Crippen LogP contribution in [0.25, 0.3) is 10.9 Å². The van der Waals surface area contributed by atoms with E-state index in [-0.39, 0.29) is 94.5 Å². The number of hydrogen-bond acceptors (Lipinski definition) is 16. The van der Waals surface area contributed by atoms with Crippen LogP contribution in [0.5, 0.6) is 5.75 Å². The number of para-hydroxylation sites is 1. The number of H-pyrrole nitrogens is 1. The van der Waals surface area contributed by atoms with Gasteiger partial charge in [-0.15, -0.1) is 0 Å². The number of nitrogens with one attached hydrogen (secondary N) is 9. The Morgan fingerprint density at radius 2 is 1.02 bits per heavy atom. The van der Waals surface area contributed by atoms with Crippen LogP contribution in [0, 0.1) is 11.8 Å². The van der Waals surface area contributed by atoms with Gasteiger partial charge in [0.05, 0.1) is 13.2 Å². The van der Waals surface area contributed by atoms with Crippen LogP contribution in [0.4, 0.5) is 0 Å². The van der Waals surface area contributed by atoms with Crippen molar-refractivity contribution in [3.05, 3.63) is 65.9 Å². The van der Waals surface area contributed by atoms with Crippen molar-refractivity contribution in [3.8, 4) is 5.75 Å². The Morgan fingerprint density at radius 1 is 0.558 bits per heavy atom. The number of carbonyl (C=O) groups excluding carboxylic acids is 9. The van der Waals surface area contributed by atoms with Gasteiger partial charge in [0.15, 0.2) is 11.9 Å². The predicted molar refractivity (Wildman–Crippen MR) is 316 cm³/mol. The topological polar surface area (TPSA) is 544 Å². The molecule has 0 aliphatic heterocycles. The molecule has 0 bridgehead atoms. The van der Waals surface area contributed by atoms with Crippen LogP contribution >= 0.6 is 0 Å². The van der Waals surface area contributed by atoms with E-state index in [0.29, 0.717) is 28.5 Å². The highest BCUT2D eigenvalue weighted by Crippen LogP contribution is 2.21. The predicted octanol–water partition coefficient (Wildman–Crippen LogP) is -4.60. The number of amides is 9. The number of phenolic OH excluding ortho intramolecular Hbond substituents is 1. The SMILES string of the molecule is CC[C@H](C)[C@H](NC(=O)[C@H](CCCN=C(N)N)NC(=O)[C@H](CCCN=C(N)N)NC(=O)[C@H](CC(C)C)NC(=O)[C@H](Cc1ccc(O)cc1)NC(=O)[C@H](Cc1c[nH]c2ccccc12)NC(=O)[C@H](CCC(N)=O)NC(=O)[C@@H](N)CO)C(=O)N[C@@H](CO)C(=O)O. The van der Waals surface area contributed by atoms with Crippen LogP contribution in [0.3, 0.4) is 0 Å². The summed E-state index contributed by atoms with van der Waals surface area (Å²) in [4.78, 5) is 148. The number of aromatic amines is 1. The van der Waals surface area contributed by atoms with Crippen molar-refractivity contribution in [2.24, 2.45) is 56.2 Å². The number of carboxylic acids is 1. The zero-order chi connectivity index (χ0) is 64.2. The van der Waals surface area contributed by atoms with Gasteiger partial charge >= 0.3 is 5.97 Å². The normalized spacial score (nSPS) is 14.6. The summed E-state index contributed by atoms with van der Waals surface area (Å²) in [5.41, 5.74) is 34.9. The zero-order valence-corrected chi connectivity index (χ0v) is 48.7. The lowest BCUT2D eigenvalue weighted by atomic mass is 9.97. The number of carboxylic acid groups (broad SMARTS) is 1. The van der Waals surface area contributed by atoms with E-state index in [9.17, 15) is 68.4 Å². The summed E-state index contributed by atoms with van der Waals surface area (Å²) in [5.74, 6) is -11.3. The number of aliphatic hydroxyl groups excluding tert-OH is 2. The van der Waals surface area contributed by atoms with Crippen molar-refractivity contribution in [2.45, 2.75) is 146 Å². The van der Waals surface area contributed by atoms with Crippen LogP contribution in [-0.4, -0.2) is 177 Å². The maximum atomic E-state index is 14.8. The number of hydrogen-bond donors (Lipinski definition) is 19. The van der Waals surface area contributed by atoms with Gasteiger partial charge in [0.2, 0.25) is 53.2 Å². The van der Waals surface area contributed by atoms with Crippen LogP contribution in [0.1, 0.15) is 90.2 Å². The third-order valence-corrected chi connectivity index (χ3v) is 13.7. The molecule has 0 saturated carbocycles. The fraction of sp³-hybridized carbons (Fsp3) is 0.527. The second kappa shape index (κ2) is 35.9. The summed E-state index contributed by atoms with van der Waals surface area (Å²) in [7, 11) is 0. The molecule has 25 N–H and O–H groups in total. The standard InChI is InChI=1S/C55H85N17O14/c1-5-29(4)44(52(84)71-42(27-74)53(85)86)72-48(80)37(13-9-21-63-55(60)61)66-46(78)36(12-8-20-62-54(58)59)67-49(81)39(22-28(2)3)68-50(82)40(23-30-14-16-32(75)17-15-30)69-51(83)41(24-31-25-64-35-11-7-6-10-33(31)35)70-47(79)38(18-19-43(57)76)65-45(77)34(56)26-73/h6-7,10-11,14-17,25,28-29,34,36-42,44,64,73-75H,5,8-9,12-13,18-24,26-27,56H2,1-4H3,(H2,57,76)(H,65,77)(H,66,78)(H,67,81)(H,68,82)(H,69,83)(H,70,79)(H,71,84)(H,72,80)(H,85,86)(H4,58,59,62)(H4,60,61,63)/t29-,34-,36-,37-,38-,39-,40-,41-,42-,44-/m0/s1. The number of phenols is 1. The van der Waals surface area contributed by atoms with Gasteiger partial charge in [-0.3, -0.25) is 53.1 Å². The van der Waals surface area contributed by atoms with Crippen molar-refractivity contribution in [3.63, 3.8) is 0 Å². The summed E-state index contributed by atoms with van der Waals surface area (Å²) >= 11 is 0. The smallest absolute Gasteiger partial charge is 0.328 e. The highest BCUT2D eigenvalue weighted by atomic mass is 16.4. The number of aromatic nitrogens is 1. The number of guanidine groups is 2. The summed E-state index contributed by atoms with van der Waals surface area (Å²) in [5, 5.41) is 60.0.